The highest BCUT2D eigenvalue weighted by molar-refractivity contribution is 9.10. The molecule has 0 spiro atoms. The van der Waals surface area contributed by atoms with Gasteiger partial charge in [0, 0.05) is 17.2 Å². The van der Waals surface area contributed by atoms with E-state index in [0.29, 0.717) is 0 Å². The van der Waals surface area contributed by atoms with E-state index in [0.717, 1.165) is 29.7 Å². The van der Waals surface area contributed by atoms with E-state index in [-0.39, 0.29) is 6.10 Å². The van der Waals surface area contributed by atoms with Gasteiger partial charge in [-0.25, -0.2) is 0 Å². The lowest BCUT2D eigenvalue weighted by Gasteiger charge is -2.17. The molecule has 0 aliphatic heterocycles. The van der Waals surface area contributed by atoms with E-state index in [2.05, 4.69) is 40.1 Å². The van der Waals surface area contributed by atoms with Crippen LogP contribution < -0.4 is 10.1 Å². The first-order valence-electron chi connectivity index (χ1n) is 5.24. The third-order valence-electron chi connectivity index (χ3n) is 2.06. The molecule has 3 nitrogen and oxygen atoms in total. The first kappa shape index (κ1) is 12.5. The summed E-state index contributed by atoms with van der Waals surface area (Å²) in [5.41, 5.74) is 0. The molecule has 1 rings (SSSR count). The average Bonchev–Trinajstić information content (AvgIpc) is 2.24. The molecule has 4 heteroatoms. The molecule has 0 bridgehead atoms. The highest BCUT2D eigenvalue weighted by Gasteiger charge is 2.07. The fraction of sp³-hybridized carbons (Fsp3) is 0.545. The quantitative estimate of drug-likeness (QED) is 0.865. The van der Waals surface area contributed by atoms with E-state index in [4.69, 9.17) is 4.74 Å². The van der Waals surface area contributed by atoms with Crippen molar-refractivity contribution in [2.24, 2.45) is 0 Å². The molecule has 0 fully saturated rings. The Morgan fingerprint density at radius 1 is 1.47 bits per heavy atom. The van der Waals surface area contributed by atoms with E-state index in [1.165, 1.54) is 0 Å². The minimum Gasteiger partial charge on any atom is -0.487 e. The summed E-state index contributed by atoms with van der Waals surface area (Å²) >= 11 is 3.37. The number of likely N-dealkylation sites (N-methyl/N-ethyl adjacent to an activating group) is 1. The molecule has 0 radical (unpaired) electrons. The molecule has 0 aromatic carbocycles. The molecule has 0 saturated carbocycles. The predicted molar refractivity (Wildman–Crippen MR) is 65.2 cm³/mol. The number of aromatic nitrogens is 1. The summed E-state index contributed by atoms with van der Waals surface area (Å²) in [7, 11) is 0. The number of hydrogen-bond acceptors (Lipinski definition) is 3. The predicted octanol–water partition coefficient (Wildman–Crippen LogP) is 2.61. The Labute approximate surface area is 99.4 Å². The van der Waals surface area contributed by atoms with Gasteiger partial charge in [-0.15, -0.1) is 0 Å². The maximum atomic E-state index is 5.79. The van der Waals surface area contributed by atoms with Crippen LogP contribution in [0.2, 0.25) is 0 Å². The van der Waals surface area contributed by atoms with E-state index < -0.39 is 0 Å². The van der Waals surface area contributed by atoms with Gasteiger partial charge >= 0.3 is 0 Å². The molecule has 1 unspecified atom stereocenters. The second kappa shape index (κ2) is 6.80. The van der Waals surface area contributed by atoms with Crippen molar-refractivity contribution in [3.63, 3.8) is 0 Å². The summed E-state index contributed by atoms with van der Waals surface area (Å²) < 4.78 is 6.73. The summed E-state index contributed by atoms with van der Waals surface area (Å²) in [6, 6.07) is 1.93. The standard InChI is InChI=1S/C11H17BrN2O/c1-3-10(7-13-4-2)15-11-5-9(12)6-14-8-11/h5-6,8,10,13H,3-4,7H2,1-2H3. The van der Waals surface area contributed by atoms with Crippen LogP contribution in [0.15, 0.2) is 22.9 Å². The maximum Gasteiger partial charge on any atom is 0.139 e. The van der Waals surface area contributed by atoms with Gasteiger partial charge in [-0.2, -0.15) is 0 Å². The van der Waals surface area contributed by atoms with Gasteiger partial charge in [-0.3, -0.25) is 4.98 Å². The van der Waals surface area contributed by atoms with E-state index >= 15 is 0 Å². The summed E-state index contributed by atoms with van der Waals surface area (Å²) in [6.45, 7) is 6.05. The van der Waals surface area contributed by atoms with Crippen molar-refractivity contribution >= 4 is 15.9 Å². The first-order valence-corrected chi connectivity index (χ1v) is 6.03. The Morgan fingerprint density at radius 2 is 2.27 bits per heavy atom. The normalized spacial score (nSPS) is 12.5. The zero-order chi connectivity index (χ0) is 11.1. The van der Waals surface area contributed by atoms with E-state index in [1.54, 1.807) is 12.4 Å². The Kier molecular flexibility index (Phi) is 5.65. The van der Waals surface area contributed by atoms with Gasteiger partial charge in [0.1, 0.15) is 11.9 Å². The number of pyridine rings is 1. The van der Waals surface area contributed by atoms with Crippen LogP contribution in [0.3, 0.4) is 0 Å². The number of hydrogen-bond donors (Lipinski definition) is 1. The number of ether oxygens (including phenoxy) is 1. The molecule has 1 N–H and O–H groups in total. The zero-order valence-electron chi connectivity index (χ0n) is 9.16. The maximum absolute atomic E-state index is 5.79. The molecule has 0 aliphatic carbocycles. The lowest BCUT2D eigenvalue weighted by atomic mass is 10.2. The minimum atomic E-state index is 0.209. The van der Waals surface area contributed by atoms with Crippen molar-refractivity contribution in [2.45, 2.75) is 26.4 Å². The molecule has 0 aliphatic rings. The monoisotopic (exact) mass is 272 g/mol. The van der Waals surface area contributed by atoms with Crippen LogP contribution in [0.5, 0.6) is 5.75 Å². The third kappa shape index (κ3) is 4.62. The Balaban J connectivity index is 2.50. The van der Waals surface area contributed by atoms with Crippen molar-refractivity contribution in [1.82, 2.24) is 10.3 Å². The number of nitrogens with zero attached hydrogens (tertiary/aromatic N) is 1. The van der Waals surface area contributed by atoms with E-state index in [1.807, 2.05) is 6.07 Å². The fourth-order valence-electron chi connectivity index (χ4n) is 1.22. The lowest BCUT2D eigenvalue weighted by Crippen LogP contribution is -2.30. The summed E-state index contributed by atoms with van der Waals surface area (Å²) in [5.74, 6) is 0.814. The Hall–Kier alpha value is -0.610. The van der Waals surface area contributed by atoms with Crippen molar-refractivity contribution in [1.29, 1.82) is 0 Å². The number of halogens is 1. The molecule has 1 heterocycles. The highest BCUT2D eigenvalue weighted by atomic mass is 79.9. The molecular weight excluding hydrogens is 256 g/mol. The summed E-state index contributed by atoms with van der Waals surface area (Å²) in [4.78, 5) is 4.06. The Bertz CT molecular complexity index is 294. The zero-order valence-corrected chi connectivity index (χ0v) is 10.8. The van der Waals surface area contributed by atoms with E-state index in [9.17, 15) is 0 Å². The van der Waals surface area contributed by atoms with Gasteiger partial charge < -0.3 is 10.1 Å². The second-order valence-corrected chi connectivity index (χ2v) is 4.21. The highest BCUT2D eigenvalue weighted by Crippen LogP contribution is 2.17. The molecule has 0 saturated heterocycles. The van der Waals surface area contributed by atoms with Crippen LogP contribution in [-0.2, 0) is 0 Å². The van der Waals surface area contributed by atoms with Crippen molar-refractivity contribution in [3.8, 4) is 5.75 Å². The van der Waals surface area contributed by atoms with Crippen LogP contribution in [0, 0.1) is 0 Å². The molecular formula is C11H17BrN2O. The molecule has 1 aromatic heterocycles. The van der Waals surface area contributed by atoms with Crippen LogP contribution in [0.25, 0.3) is 0 Å². The smallest absolute Gasteiger partial charge is 0.139 e. The van der Waals surface area contributed by atoms with Gasteiger partial charge in [0.25, 0.3) is 0 Å². The SMILES string of the molecule is CCNCC(CC)Oc1cncc(Br)c1. The Morgan fingerprint density at radius 3 is 2.87 bits per heavy atom. The molecule has 1 atom stereocenters. The average molecular weight is 273 g/mol. The summed E-state index contributed by atoms with van der Waals surface area (Å²) in [5, 5.41) is 3.28. The van der Waals surface area contributed by atoms with Crippen LogP contribution in [0.1, 0.15) is 20.3 Å². The van der Waals surface area contributed by atoms with Gasteiger partial charge in [-0.1, -0.05) is 13.8 Å². The van der Waals surface area contributed by atoms with Gasteiger partial charge in [0.2, 0.25) is 0 Å². The van der Waals surface area contributed by atoms with Gasteiger partial charge in [-0.05, 0) is 35.0 Å². The van der Waals surface area contributed by atoms with Crippen molar-refractivity contribution < 1.29 is 4.74 Å². The van der Waals surface area contributed by atoms with Crippen LogP contribution >= 0.6 is 15.9 Å². The van der Waals surface area contributed by atoms with Crippen molar-refractivity contribution in [3.05, 3.63) is 22.9 Å². The van der Waals surface area contributed by atoms with Crippen LogP contribution in [-0.4, -0.2) is 24.2 Å². The topological polar surface area (TPSA) is 34.1 Å². The van der Waals surface area contributed by atoms with Crippen LogP contribution in [0.4, 0.5) is 0 Å². The number of nitrogens with one attached hydrogen (secondary N) is 1. The fourth-order valence-corrected chi connectivity index (χ4v) is 1.57. The molecule has 84 valence electrons. The van der Waals surface area contributed by atoms with Gasteiger partial charge in [0.15, 0.2) is 0 Å². The van der Waals surface area contributed by atoms with Gasteiger partial charge in [0.05, 0.1) is 6.20 Å². The summed E-state index contributed by atoms with van der Waals surface area (Å²) in [6.07, 6.45) is 4.68. The third-order valence-corrected chi connectivity index (χ3v) is 2.49. The largest absolute Gasteiger partial charge is 0.487 e. The first-order chi connectivity index (χ1) is 7.26. The molecule has 0 amide bonds. The molecule has 15 heavy (non-hydrogen) atoms. The van der Waals surface area contributed by atoms with Crippen molar-refractivity contribution in [2.75, 3.05) is 13.1 Å². The minimum absolute atomic E-state index is 0.209. The lowest BCUT2D eigenvalue weighted by molar-refractivity contribution is 0.193. The second-order valence-electron chi connectivity index (χ2n) is 3.29. The number of rotatable bonds is 6. The molecule has 1 aromatic rings.